The van der Waals surface area contributed by atoms with E-state index in [0.717, 1.165) is 17.3 Å². The number of nitrogens with zero attached hydrogens (tertiary/aromatic N) is 4. The first-order valence-corrected chi connectivity index (χ1v) is 15.7. The van der Waals surface area contributed by atoms with E-state index in [9.17, 15) is 19.6 Å². The molecule has 3 aromatic rings. The highest BCUT2D eigenvalue weighted by atomic mass is 35.5. The van der Waals surface area contributed by atoms with Gasteiger partial charge in [0.1, 0.15) is 28.9 Å². The number of hydrogen-bond acceptors (Lipinski definition) is 12. The fourth-order valence-electron chi connectivity index (χ4n) is 4.03. The Balaban J connectivity index is 1.44. The lowest BCUT2D eigenvalue weighted by atomic mass is 9.97. The fraction of sp³-hybridized carbons (Fsp3) is 0.520. The first-order chi connectivity index (χ1) is 19.4. The van der Waals surface area contributed by atoms with Crippen LogP contribution in [0.2, 0.25) is 0 Å². The number of thioether (sulfide) groups is 1. The minimum Gasteiger partial charge on any atom is -0.395 e. The predicted molar refractivity (Wildman–Crippen MR) is 155 cm³/mol. The van der Waals surface area contributed by atoms with E-state index in [2.05, 4.69) is 20.0 Å². The van der Waals surface area contributed by atoms with E-state index < -0.39 is 36.5 Å². The molecular formula is C25H34ClN6O7PS. The summed E-state index contributed by atoms with van der Waals surface area (Å²) in [5.41, 5.74) is 6.57. The normalized spacial score (nSPS) is 24.5. The van der Waals surface area contributed by atoms with Crippen molar-refractivity contribution in [1.82, 2.24) is 24.6 Å². The van der Waals surface area contributed by atoms with E-state index in [1.165, 1.54) is 12.7 Å². The van der Waals surface area contributed by atoms with Crippen molar-refractivity contribution in [2.24, 2.45) is 5.41 Å². The number of aliphatic hydroxyl groups excluding tert-OH is 2. The summed E-state index contributed by atoms with van der Waals surface area (Å²) in [6.07, 6.45) is -0.403. The van der Waals surface area contributed by atoms with Crippen LogP contribution in [0.5, 0.6) is 0 Å². The molecule has 0 radical (unpaired) electrons. The van der Waals surface area contributed by atoms with Gasteiger partial charge in [-0.25, -0.2) is 24.6 Å². The van der Waals surface area contributed by atoms with Gasteiger partial charge in [-0.2, -0.15) is 0 Å². The number of fused-ring (bicyclic) bond motifs is 1. The first kappa shape index (κ1) is 31.8. The number of imidazole rings is 1. The Morgan fingerprint density at radius 2 is 2.02 bits per heavy atom. The third kappa shape index (κ3) is 7.27. The van der Waals surface area contributed by atoms with Crippen LogP contribution in [-0.2, 0) is 29.7 Å². The summed E-state index contributed by atoms with van der Waals surface area (Å²) >= 11 is 7.73. The zero-order chi connectivity index (χ0) is 29.8. The second-order valence-electron chi connectivity index (χ2n) is 10.3. The number of aliphatic hydroxyl groups is 2. The van der Waals surface area contributed by atoms with Gasteiger partial charge in [-0.1, -0.05) is 42.1 Å². The molecular weight excluding hydrogens is 595 g/mol. The van der Waals surface area contributed by atoms with Crippen molar-refractivity contribution in [3.63, 3.8) is 0 Å². The van der Waals surface area contributed by atoms with Crippen molar-refractivity contribution in [3.05, 3.63) is 48.5 Å². The fourth-order valence-corrected chi connectivity index (χ4v) is 6.56. The third-order valence-electron chi connectivity index (χ3n) is 6.61. The molecule has 1 aliphatic heterocycles. The maximum atomic E-state index is 13.7. The number of nitrogen functional groups attached to an aromatic ring is 1. The number of rotatable bonds is 13. The molecule has 0 aliphatic carbocycles. The molecule has 3 heterocycles. The Bertz CT molecular complexity index is 1400. The predicted octanol–water partition coefficient (Wildman–Crippen LogP) is 2.87. The molecule has 5 unspecified atom stereocenters. The van der Waals surface area contributed by atoms with Gasteiger partial charge in [0.15, 0.2) is 22.8 Å². The molecule has 0 saturated carbocycles. The van der Waals surface area contributed by atoms with Crippen molar-refractivity contribution in [3.8, 4) is 0 Å². The van der Waals surface area contributed by atoms with Gasteiger partial charge in [-0.15, -0.1) is 11.6 Å². The molecule has 1 aliphatic rings. The van der Waals surface area contributed by atoms with Crippen LogP contribution in [0.15, 0.2) is 43.0 Å². The molecule has 16 heteroatoms. The third-order valence-corrected chi connectivity index (χ3v) is 9.76. The monoisotopic (exact) mass is 628 g/mol. The number of nitrogens with two attached hydrogens (primary N) is 1. The highest BCUT2D eigenvalue weighted by molar-refractivity contribution is 8.13. The zero-order valence-corrected chi connectivity index (χ0v) is 25.3. The van der Waals surface area contributed by atoms with Gasteiger partial charge in [0.05, 0.1) is 31.6 Å². The topological polar surface area (TPSA) is 184 Å². The number of carbonyl (C=O) groups excluding carboxylic acids is 1. The lowest BCUT2D eigenvalue weighted by Crippen LogP contribution is -2.40. The molecule has 4 rings (SSSR count). The largest absolute Gasteiger partial charge is 0.405 e. The van der Waals surface area contributed by atoms with Gasteiger partial charge < -0.3 is 20.7 Å². The number of ether oxygens (including phenoxy) is 1. The van der Waals surface area contributed by atoms with Crippen LogP contribution in [0.3, 0.4) is 0 Å². The van der Waals surface area contributed by atoms with Crippen LogP contribution < -0.4 is 10.8 Å². The number of carbonyl (C=O) groups is 1. The van der Waals surface area contributed by atoms with Crippen LogP contribution in [0.1, 0.15) is 32.6 Å². The minimum absolute atomic E-state index is 0.0803. The molecule has 13 nitrogen and oxygen atoms in total. The SMILES string of the molecule is CC(C)(CO)C(=O)SCCOP(=O)(NCc1ccccc1)OCC1OC(n2cnc3c(N)ncnc32)C(C)(Cl)C1O. The Morgan fingerprint density at radius 1 is 1.29 bits per heavy atom. The number of aromatic nitrogens is 4. The summed E-state index contributed by atoms with van der Waals surface area (Å²) < 4.78 is 32.7. The van der Waals surface area contributed by atoms with Gasteiger partial charge in [-0.05, 0) is 26.3 Å². The molecule has 0 amide bonds. The first-order valence-electron chi connectivity index (χ1n) is 12.8. The molecule has 1 aromatic carbocycles. The van der Waals surface area contributed by atoms with Crippen LogP contribution in [0.4, 0.5) is 5.82 Å². The van der Waals surface area contributed by atoms with E-state index in [-0.39, 0.29) is 43.1 Å². The van der Waals surface area contributed by atoms with E-state index in [4.69, 9.17) is 31.1 Å². The number of benzene rings is 1. The van der Waals surface area contributed by atoms with Gasteiger partial charge in [0.25, 0.3) is 0 Å². The average Bonchev–Trinajstić information content (AvgIpc) is 3.48. The summed E-state index contributed by atoms with van der Waals surface area (Å²) in [6.45, 7) is 4.35. The summed E-state index contributed by atoms with van der Waals surface area (Å²) in [5, 5.41) is 23.1. The standard InChI is InChI=1S/C25H34ClN6O7PS/c1-24(2,13-33)23(35)41-10-9-37-40(36,31-11-16-7-5-4-6-8-16)38-12-17-19(34)25(3,26)22(39-17)32-15-30-18-20(27)28-14-29-21(18)32/h4-8,14-15,17,19,22,33-34H,9-13H2,1-3H3,(H,31,36)(H2,27,28,29). The number of anilines is 1. The van der Waals surface area contributed by atoms with E-state index >= 15 is 0 Å². The van der Waals surface area contributed by atoms with Crippen molar-refractivity contribution < 1.29 is 33.4 Å². The van der Waals surface area contributed by atoms with Gasteiger partial charge in [0.2, 0.25) is 0 Å². The van der Waals surface area contributed by atoms with Crippen molar-refractivity contribution in [2.45, 2.75) is 50.6 Å². The molecule has 224 valence electrons. The average molecular weight is 629 g/mol. The van der Waals surface area contributed by atoms with Crippen LogP contribution in [0.25, 0.3) is 11.2 Å². The van der Waals surface area contributed by atoms with Crippen LogP contribution >= 0.6 is 31.1 Å². The quantitative estimate of drug-likeness (QED) is 0.123. The zero-order valence-electron chi connectivity index (χ0n) is 22.8. The highest BCUT2D eigenvalue weighted by Gasteiger charge is 2.54. The Labute approximate surface area is 246 Å². The Hall–Kier alpha value is -2.13. The second-order valence-corrected chi connectivity index (χ2v) is 14.0. The smallest absolute Gasteiger partial charge is 0.395 e. The molecule has 1 fully saturated rings. The Kier molecular flexibility index (Phi) is 10.1. The molecule has 41 heavy (non-hydrogen) atoms. The summed E-state index contributed by atoms with van der Waals surface area (Å²) in [6, 6.07) is 9.25. The maximum Gasteiger partial charge on any atom is 0.405 e. The molecule has 1 saturated heterocycles. The second kappa shape index (κ2) is 13.0. The van der Waals surface area contributed by atoms with Gasteiger partial charge in [0, 0.05) is 12.3 Å². The Morgan fingerprint density at radius 3 is 2.73 bits per heavy atom. The number of alkyl halides is 1. The lowest BCUT2D eigenvalue weighted by Gasteiger charge is -2.26. The van der Waals surface area contributed by atoms with Crippen LogP contribution in [0, 0.1) is 5.41 Å². The van der Waals surface area contributed by atoms with E-state index in [1.807, 2.05) is 30.3 Å². The molecule has 5 N–H and O–H groups in total. The number of halogens is 1. The summed E-state index contributed by atoms with van der Waals surface area (Å²) in [5.74, 6) is 0.372. The molecule has 2 aromatic heterocycles. The van der Waals surface area contributed by atoms with Crippen molar-refractivity contribution >= 4 is 53.2 Å². The lowest BCUT2D eigenvalue weighted by molar-refractivity contribution is -0.119. The molecule has 0 spiro atoms. The highest BCUT2D eigenvalue weighted by Crippen LogP contribution is 2.48. The van der Waals surface area contributed by atoms with Crippen molar-refractivity contribution in [2.75, 3.05) is 31.3 Å². The number of hydrogen-bond donors (Lipinski definition) is 4. The maximum absolute atomic E-state index is 13.7. The van der Waals surface area contributed by atoms with Gasteiger partial charge in [-0.3, -0.25) is 18.4 Å². The van der Waals surface area contributed by atoms with Crippen LogP contribution in [-0.4, -0.2) is 77.5 Å². The van der Waals surface area contributed by atoms with E-state index in [1.54, 1.807) is 25.3 Å². The van der Waals surface area contributed by atoms with Gasteiger partial charge >= 0.3 is 7.75 Å². The summed E-state index contributed by atoms with van der Waals surface area (Å²) in [7, 11) is -3.95. The summed E-state index contributed by atoms with van der Waals surface area (Å²) in [4.78, 5) is 23.4. The minimum atomic E-state index is -3.95. The van der Waals surface area contributed by atoms with Crippen molar-refractivity contribution in [1.29, 1.82) is 0 Å². The molecule has 5 atom stereocenters. The molecule has 0 bridgehead atoms. The van der Waals surface area contributed by atoms with E-state index in [0.29, 0.717) is 11.2 Å². The number of nitrogens with one attached hydrogen (secondary N) is 1.